The number of aryl methyl sites for hydroxylation is 1. The molecule has 0 amide bonds. The number of halogens is 2. The molecule has 1 saturated heterocycles. The van der Waals surface area contributed by atoms with Crippen molar-refractivity contribution in [1.29, 1.82) is 0 Å². The van der Waals surface area contributed by atoms with Crippen LogP contribution < -0.4 is 0 Å². The second-order valence-electron chi connectivity index (χ2n) is 8.09. The summed E-state index contributed by atoms with van der Waals surface area (Å²) in [6, 6.07) is 3.97. The van der Waals surface area contributed by atoms with E-state index < -0.39 is 11.6 Å². The molecule has 2 aromatic heterocycles. The van der Waals surface area contributed by atoms with Crippen molar-refractivity contribution in [3.05, 3.63) is 47.5 Å². The molecule has 0 N–H and O–H groups in total. The van der Waals surface area contributed by atoms with Crippen molar-refractivity contribution in [1.82, 2.24) is 24.1 Å². The molecule has 1 aromatic carbocycles. The van der Waals surface area contributed by atoms with E-state index in [4.69, 9.17) is 4.42 Å². The number of hydrogen-bond acceptors (Lipinski definition) is 7. The lowest BCUT2D eigenvalue weighted by Crippen LogP contribution is -2.13. The van der Waals surface area contributed by atoms with Gasteiger partial charge in [-0.3, -0.25) is 4.31 Å². The van der Waals surface area contributed by atoms with Crippen molar-refractivity contribution in [2.75, 3.05) is 18.8 Å². The van der Waals surface area contributed by atoms with Crippen molar-refractivity contribution in [3.8, 4) is 11.6 Å². The van der Waals surface area contributed by atoms with Gasteiger partial charge in [0.15, 0.2) is 17.3 Å². The van der Waals surface area contributed by atoms with Crippen molar-refractivity contribution in [3.63, 3.8) is 0 Å². The number of oxazole rings is 1. The predicted molar refractivity (Wildman–Crippen MR) is 117 cm³/mol. The quantitative estimate of drug-likeness (QED) is 0.283. The average molecular weight is 464 g/mol. The van der Waals surface area contributed by atoms with Gasteiger partial charge in [-0.2, -0.15) is 0 Å². The molecule has 1 aliphatic heterocycles. The standard InChI is InChI=1S/C21H23F2N5OS2/c1-13-18(29-12-24-13)19-25-26-20(27(19)2)30-9-3-7-28-8-6-21(31-28)11-16(21)15-5-4-14(22)10-17(15)23/h4-5,10,12,16H,3,6-9,11H2,1-2H3/t16-,21?/m1/s1. The zero-order chi connectivity index (χ0) is 21.6. The van der Waals surface area contributed by atoms with Gasteiger partial charge in [0.2, 0.25) is 5.82 Å². The van der Waals surface area contributed by atoms with Crippen molar-refractivity contribution in [2.45, 2.75) is 42.0 Å². The second kappa shape index (κ2) is 8.22. The molecule has 2 aliphatic rings. The first-order valence-corrected chi connectivity index (χ1v) is 12.0. The lowest BCUT2D eigenvalue weighted by Gasteiger charge is -2.15. The molecule has 3 heterocycles. The van der Waals surface area contributed by atoms with E-state index in [1.54, 1.807) is 17.8 Å². The molecule has 2 fully saturated rings. The summed E-state index contributed by atoms with van der Waals surface area (Å²) in [7, 11) is 1.93. The smallest absolute Gasteiger partial charge is 0.202 e. The van der Waals surface area contributed by atoms with Gasteiger partial charge in [-0.15, -0.1) is 10.2 Å². The Morgan fingerprint density at radius 2 is 2.19 bits per heavy atom. The van der Waals surface area contributed by atoms with E-state index >= 15 is 0 Å². The van der Waals surface area contributed by atoms with Gasteiger partial charge in [-0.25, -0.2) is 13.8 Å². The van der Waals surface area contributed by atoms with Crippen LogP contribution in [0.4, 0.5) is 8.78 Å². The number of thioether (sulfide) groups is 1. The first kappa shape index (κ1) is 21.0. The fourth-order valence-electron chi connectivity index (χ4n) is 4.22. The van der Waals surface area contributed by atoms with Gasteiger partial charge >= 0.3 is 0 Å². The van der Waals surface area contributed by atoms with Crippen LogP contribution in [-0.2, 0) is 7.05 Å². The maximum Gasteiger partial charge on any atom is 0.202 e. The molecule has 2 atom stereocenters. The minimum atomic E-state index is -0.514. The Hall–Kier alpha value is -1.91. The Morgan fingerprint density at radius 3 is 2.97 bits per heavy atom. The van der Waals surface area contributed by atoms with Crippen LogP contribution in [0.3, 0.4) is 0 Å². The van der Waals surface area contributed by atoms with Crippen LogP contribution in [0.1, 0.15) is 36.4 Å². The molecule has 31 heavy (non-hydrogen) atoms. The van der Waals surface area contributed by atoms with E-state index in [0.29, 0.717) is 17.1 Å². The fraction of sp³-hybridized carbons (Fsp3) is 0.476. The third-order valence-corrected chi connectivity index (χ3v) is 8.77. The Bertz CT molecular complexity index is 1100. The highest BCUT2D eigenvalue weighted by Crippen LogP contribution is 2.66. The van der Waals surface area contributed by atoms with E-state index in [2.05, 4.69) is 19.5 Å². The summed E-state index contributed by atoms with van der Waals surface area (Å²) in [5, 5.41) is 9.37. The minimum absolute atomic E-state index is 0.0965. The molecular weight excluding hydrogens is 440 g/mol. The second-order valence-corrected chi connectivity index (χ2v) is 10.7. The predicted octanol–water partition coefficient (Wildman–Crippen LogP) is 4.82. The largest absolute Gasteiger partial charge is 0.440 e. The molecule has 1 unspecified atom stereocenters. The van der Waals surface area contributed by atoms with E-state index in [0.717, 1.165) is 55.0 Å². The summed E-state index contributed by atoms with van der Waals surface area (Å²) >= 11 is 3.54. The fourth-order valence-corrected chi connectivity index (χ4v) is 6.65. The first-order chi connectivity index (χ1) is 15.0. The normalized spacial score (nSPS) is 23.2. The zero-order valence-electron chi connectivity index (χ0n) is 17.3. The Balaban J connectivity index is 1.11. The number of nitrogens with zero attached hydrogens (tertiary/aromatic N) is 5. The third-order valence-electron chi connectivity index (χ3n) is 6.02. The minimum Gasteiger partial charge on any atom is -0.440 e. The van der Waals surface area contributed by atoms with Gasteiger partial charge in [0.05, 0.1) is 5.69 Å². The van der Waals surface area contributed by atoms with Crippen molar-refractivity contribution >= 4 is 23.7 Å². The molecule has 5 rings (SSSR count). The Labute approximate surface area is 187 Å². The molecule has 1 saturated carbocycles. The van der Waals surface area contributed by atoms with Gasteiger partial charge in [0, 0.05) is 42.6 Å². The molecule has 0 bridgehead atoms. The number of aromatic nitrogens is 4. The molecule has 1 aliphatic carbocycles. The maximum atomic E-state index is 14.1. The average Bonchev–Trinajstić information content (AvgIpc) is 3.04. The van der Waals surface area contributed by atoms with Gasteiger partial charge in [-0.05, 0) is 37.8 Å². The van der Waals surface area contributed by atoms with Gasteiger partial charge in [0.25, 0.3) is 0 Å². The molecule has 6 nitrogen and oxygen atoms in total. The molecule has 0 radical (unpaired) electrons. The van der Waals surface area contributed by atoms with Crippen LogP contribution in [0.15, 0.2) is 34.2 Å². The van der Waals surface area contributed by atoms with Crippen LogP contribution in [0.5, 0.6) is 0 Å². The van der Waals surface area contributed by atoms with Gasteiger partial charge in [-0.1, -0.05) is 29.8 Å². The maximum absolute atomic E-state index is 14.1. The summed E-state index contributed by atoms with van der Waals surface area (Å²) < 4.78 is 37.2. The molecule has 10 heteroatoms. The van der Waals surface area contributed by atoms with Crippen LogP contribution in [-0.4, -0.2) is 47.6 Å². The number of benzene rings is 1. The summed E-state index contributed by atoms with van der Waals surface area (Å²) in [5.74, 6) is 1.52. The van der Waals surface area contributed by atoms with Crippen LogP contribution in [0, 0.1) is 18.6 Å². The summed E-state index contributed by atoms with van der Waals surface area (Å²) in [6.07, 6.45) is 4.46. The highest BCUT2D eigenvalue weighted by Gasteiger charge is 2.59. The van der Waals surface area contributed by atoms with Crippen molar-refractivity contribution in [2.24, 2.45) is 7.05 Å². The van der Waals surface area contributed by atoms with Crippen LogP contribution >= 0.6 is 23.7 Å². The highest BCUT2D eigenvalue weighted by molar-refractivity contribution is 7.99. The Kier molecular flexibility index (Phi) is 5.56. The van der Waals surface area contributed by atoms with Gasteiger partial charge in [0.1, 0.15) is 11.6 Å². The van der Waals surface area contributed by atoms with E-state index in [9.17, 15) is 8.78 Å². The van der Waals surface area contributed by atoms with Gasteiger partial charge < -0.3 is 8.98 Å². The topological polar surface area (TPSA) is 60.0 Å². The van der Waals surface area contributed by atoms with Crippen LogP contribution in [0.25, 0.3) is 11.6 Å². The third kappa shape index (κ3) is 4.01. The zero-order valence-corrected chi connectivity index (χ0v) is 19.0. The molecule has 3 aromatic rings. The van der Waals surface area contributed by atoms with E-state index in [-0.39, 0.29) is 10.7 Å². The van der Waals surface area contributed by atoms with Crippen molar-refractivity contribution < 1.29 is 13.2 Å². The number of hydrogen-bond donors (Lipinski definition) is 0. The highest BCUT2D eigenvalue weighted by atomic mass is 32.2. The van der Waals surface area contributed by atoms with E-state index in [1.165, 1.54) is 12.5 Å². The summed E-state index contributed by atoms with van der Waals surface area (Å²) in [4.78, 5) is 4.11. The monoisotopic (exact) mass is 463 g/mol. The Morgan fingerprint density at radius 1 is 1.32 bits per heavy atom. The van der Waals surface area contributed by atoms with Crippen LogP contribution in [0.2, 0.25) is 0 Å². The molecule has 164 valence electrons. The summed E-state index contributed by atoms with van der Waals surface area (Å²) in [5.41, 5.74) is 1.46. The lowest BCUT2D eigenvalue weighted by atomic mass is 10.1. The first-order valence-electron chi connectivity index (χ1n) is 10.3. The SMILES string of the molecule is Cc1ncoc1-c1nnc(SCCCN2CCC3(C[C@@H]3c3ccc(F)cc3F)S2)n1C. The number of rotatable bonds is 7. The molecule has 1 spiro atoms. The molecular formula is C21H23F2N5OS2. The lowest BCUT2D eigenvalue weighted by molar-refractivity contribution is 0.488. The summed E-state index contributed by atoms with van der Waals surface area (Å²) in [6.45, 7) is 3.87. The van der Waals surface area contributed by atoms with E-state index in [1.807, 2.05) is 30.5 Å².